The van der Waals surface area contributed by atoms with Crippen LogP contribution in [-0.4, -0.2) is 36.0 Å². The second-order valence-electron chi connectivity index (χ2n) is 4.08. The minimum absolute atomic E-state index is 0.0244. The molecular formula is C9H11NO3. The summed E-state index contributed by atoms with van der Waals surface area (Å²) in [6.07, 6.45) is 1.94. The molecule has 2 unspecified atom stereocenters. The third-order valence-electron chi connectivity index (χ3n) is 3.50. The standard InChI is InChI=1S/C9H11NO3/c1-10-8(11)6-4-2-3-5(13-4)7(6)9(10)12/h4-7H,2-3H2,1H3/t4-,5+,6?,7?. The highest BCUT2D eigenvalue weighted by molar-refractivity contribution is 6.06. The summed E-state index contributed by atoms with van der Waals surface area (Å²) in [6, 6.07) is 0. The van der Waals surface area contributed by atoms with Crippen LogP contribution in [0.5, 0.6) is 0 Å². The molecule has 0 aromatic carbocycles. The first-order valence-corrected chi connectivity index (χ1v) is 4.67. The Hall–Kier alpha value is -0.900. The van der Waals surface area contributed by atoms with E-state index < -0.39 is 0 Å². The highest BCUT2D eigenvalue weighted by Crippen LogP contribution is 2.47. The summed E-state index contributed by atoms with van der Waals surface area (Å²) in [5.41, 5.74) is 0. The number of rotatable bonds is 0. The molecule has 4 atom stereocenters. The number of hydrogen-bond donors (Lipinski definition) is 0. The van der Waals surface area contributed by atoms with Crippen molar-refractivity contribution in [2.45, 2.75) is 25.0 Å². The van der Waals surface area contributed by atoms with Crippen molar-refractivity contribution in [2.24, 2.45) is 11.8 Å². The van der Waals surface area contributed by atoms with Crippen LogP contribution in [0.2, 0.25) is 0 Å². The average Bonchev–Trinajstić information content (AvgIpc) is 2.76. The summed E-state index contributed by atoms with van der Waals surface area (Å²) < 4.78 is 5.56. The van der Waals surface area contributed by atoms with Gasteiger partial charge in [-0.05, 0) is 12.8 Å². The maximum absolute atomic E-state index is 11.6. The minimum Gasteiger partial charge on any atom is -0.373 e. The van der Waals surface area contributed by atoms with Crippen LogP contribution >= 0.6 is 0 Å². The first-order chi connectivity index (χ1) is 6.20. The Bertz CT molecular complexity index is 273. The molecule has 0 aliphatic carbocycles. The van der Waals surface area contributed by atoms with Crippen molar-refractivity contribution in [3.05, 3.63) is 0 Å². The van der Waals surface area contributed by atoms with Gasteiger partial charge in [0.05, 0.1) is 24.0 Å². The Morgan fingerprint density at radius 2 is 1.62 bits per heavy atom. The van der Waals surface area contributed by atoms with E-state index in [9.17, 15) is 9.59 Å². The summed E-state index contributed by atoms with van der Waals surface area (Å²) >= 11 is 0. The SMILES string of the molecule is CN1C(=O)C2C(C1=O)[C@H]1CC[C@@H]2O1. The quantitative estimate of drug-likeness (QED) is 0.485. The summed E-state index contributed by atoms with van der Waals surface area (Å²) in [7, 11) is 1.57. The predicted octanol–water partition coefficient (Wildman–Crippen LogP) is -0.221. The Morgan fingerprint density at radius 3 is 2.08 bits per heavy atom. The van der Waals surface area contributed by atoms with Crippen LogP contribution in [-0.2, 0) is 14.3 Å². The van der Waals surface area contributed by atoms with Crippen LogP contribution in [0, 0.1) is 11.8 Å². The highest BCUT2D eigenvalue weighted by atomic mass is 16.5. The molecule has 0 aromatic rings. The molecule has 70 valence electrons. The van der Waals surface area contributed by atoms with Crippen molar-refractivity contribution in [1.29, 1.82) is 0 Å². The normalized spacial score (nSPS) is 47.6. The fourth-order valence-electron chi connectivity index (χ4n) is 2.86. The Balaban J connectivity index is 2.03. The number of carbonyl (C=O) groups is 2. The van der Waals surface area contributed by atoms with Crippen molar-refractivity contribution >= 4 is 11.8 Å². The molecule has 4 heteroatoms. The van der Waals surface area contributed by atoms with Gasteiger partial charge in [0.2, 0.25) is 11.8 Å². The van der Waals surface area contributed by atoms with Gasteiger partial charge in [0, 0.05) is 7.05 Å². The van der Waals surface area contributed by atoms with E-state index in [0.717, 1.165) is 12.8 Å². The van der Waals surface area contributed by atoms with Gasteiger partial charge in [-0.15, -0.1) is 0 Å². The molecule has 0 spiro atoms. The molecule has 2 bridgehead atoms. The summed E-state index contributed by atoms with van der Waals surface area (Å²) in [5.74, 6) is -0.392. The number of likely N-dealkylation sites (tertiary alicyclic amines) is 1. The zero-order valence-corrected chi connectivity index (χ0v) is 7.40. The number of ether oxygens (including phenoxy) is 1. The van der Waals surface area contributed by atoms with Crippen LogP contribution in [0.15, 0.2) is 0 Å². The van der Waals surface area contributed by atoms with Crippen molar-refractivity contribution in [3.8, 4) is 0 Å². The number of hydrogen-bond acceptors (Lipinski definition) is 3. The van der Waals surface area contributed by atoms with Crippen LogP contribution in [0.4, 0.5) is 0 Å². The van der Waals surface area contributed by atoms with Crippen LogP contribution in [0.1, 0.15) is 12.8 Å². The van der Waals surface area contributed by atoms with Crippen LogP contribution in [0.25, 0.3) is 0 Å². The lowest BCUT2D eigenvalue weighted by Gasteiger charge is -2.15. The smallest absolute Gasteiger partial charge is 0.235 e. The number of carbonyl (C=O) groups excluding carboxylic acids is 2. The first kappa shape index (κ1) is 7.50. The van der Waals surface area contributed by atoms with Gasteiger partial charge >= 0.3 is 0 Å². The van der Waals surface area contributed by atoms with E-state index in [1.54, 1.807) is 7.05 Å². The monoisotopic (exact) mass is 181 g/mol. The molecule has 3 rings (SSSR count). The van der Waals surface area contributed by atoms with Gasteiger partial charge in [-0.2, -0.15) is 0 Å². The molecule has 3 fully saturated rings. The van der Waals surface area contributed by atoms with Gasteiger partial charge in [-0.3, -0.25) is 14.5 Å². The van der Waals surface area contributed by atoms with E-state index >= 15 is 0 Å². The molecular weight excluding hydrogens is 170 g/mol. The fraction of sp³-hybridized carbons (Fsp3) is 0.778. The molecule has 4 nitrogen and oxygen atoms in total. The van der Waals surface area contributed by atoms with Gasteiger partial charge in [-0.25, -0.2) is 0 Å². The van der Waals surface area contributed by atoms with Crippen molar-refractivity contribution in [2.75, 3.05) is 7.05 Å². The van der Waals surface area contributed by atoms with E-state index in [4.69, 9.17) is 4.74 Å². The van der Waals surface area contributed by atoms with E-state index in [-0.39, 0.29) is 35.9 Å². The van der Waals surface area contributed by atoms with Crippen molar-refractivity contribution < 1.29 is 14.3 Å². The summed E-state index contributed by atoms with van der Waals surface area (Å²) in [5, 5.41) is 0. The summed E-state index contributed by atoms with van der Waals surface area (Å²) in [6.45, 7) is 0. The largest absolute Gasteiger partial charge is 0.373 e. The van der Waals surface area contributed by atoms with E-state index in [2.05, 4.69) is 0 Å². The van der Waals surface area contributed by atoms with Crippen molar-refractivity contribution in [1.82, 2.24) is 4.90 Å². The molecule has 2 amide bonds. The fourth-order valence-corrected chi connectivity index (χ4v) is 2.86. The maximum Gasteiger partial charge on any atom is 0.235 e. The molecule has 3 saturated heterocycles. The van der Waals surface area contributed by atoms with Gasteiger partial charge in [0.15, 0.2) is 0 Å². The third-order valence-corrected chi connectivity index (χ3v) is 3.50. The predicted molar refractivity (Wildman–Crippen MR) is 42.7 cm³/mol. The second kappa shape index (κ2) is 2.12. The van der Waals surface area contributed by atoms with Gasteiger partial charge in [-0.1, -0.05) is 0 Å². The summed E-state index contributed by atoms with van der Waals surface area (Å²) in [4.78, 5) is 24.5. The molecule has 0 saturated carbocycles. The van der Waals surface area contributed by atoms with Gasteiger partial charge in [0.1, 0.15) is 0 Å². The van der Waals surface area contributed by atoms with Gasteiger partial charge in [0.25, 0.3) is 0 Å². The molecule has 0 radical (unpaired) electrons. The van der Waals surface area contributed by atoms with Crippen LogP contribution in [0.3, 0.4) is 0 Å². The van der Waals surface area contributed by atoms with Crippen molar-refractivity contribution in [3.63, 3.8) is 0 Å². The molecule has 0 N–H and O–H groups in total. The Kier molecular flexibility index (Phi) is 1.22. The molecule has 3 aliphatic rings. The minimum atomic E-state index is -0.156. The zero-order valence-electron chi connectivity index (χ0n) is 7.40. The third kappa shape index (κ3) is 0.705. The topological polar surface area (TPSA) is 46.6 Å². The van der Waals surface area contributed by atoms with E-state index in [1.807, 2.05) is 0 Å². The van der Waals surface area contributed by atoms with Gasteiger partial charge < -0.3 is 4.74 Å². The maximum atomic E-state index is 11.6. The average molecular weight is 181 g/mol. The molecule has 0 aromatic heterocycles. The molecule has 3 heterocycles. The Labute approximate surface area is 75.8 Å². The zero-order chi connectivity index (χ0) is 9.16. The number of nitrogens with zero attached hydrogens (tertiary/aromatic N) is 1. The van der Waals surface area contributed by atoms with Crippen LogP contribution < -0.4 is 0 Å². The lowest BCUT2D eigenvalue weighted by atomic mass is 9.81. The number of amides is 2. The number of fused-ring (bicyclic) bond motifs is 5. The van der Waals surface area contributed by atoms with E-state index in [1.165, 1.54) is 4.90 Å². The lowest BCUT2D eigenvalue weighted by molar-refractivity contribution is -0.140. The van der Waals surface area contributed by atoms with E-state index in [0.29, 0.717) is 0 Å². The second-order valence-corrected chi connectivity index (χ2v) is 4.08. The Morgan fingerprint density at radius 1 is 1.15 bits per heavy atom. The first-order valence-electron chi connectivity index (χ1n) is 4.67. The molecule has 13 heavy (non-hydrogen) atoms. The number of imide groups is 1. The highest BCUT2D eigenvalue weighted by Gasteiger charge is 2.61. The lowest BCUT2D eigenvalue weighted by Crippen LogP contribution is -2.30. The molecule has 3 aliphatic heterocycles.